The molecule has 1 fully saturated rings. The molecule has 1 aromatic carbocycles. The van der Waals surface area contributed by atoms with Crippen LogP contribution in [0.3, 0.4) is 0 Å². The zero-order chi connectivity index (χ0) is 25.7. The second-order valence-electron chi connectivity index (χ2n) is 8.14. The summed E-state index contributed by atoms with van der Waals surface area (Å²) in [5.74, 6) is -2.08. The largest absolute Gasteiger partial charge is 0.478 e. The normalized spacial score (nSPS) is 23.0. The zero-order valence-corrected chi connectivity index (χ0v) is 21.0. The molecule has 3 atom stereocenters. The highest BCUT2D eigenvalue weighted by molar-refractivity contribution is 7.09. The maximum atomic E-state index is 13.9. The Morgan fingerprint density at radius 3 is 2.97 bits per heavy atom. The number of halogens is 2. The Hall–Kier alpha value is -2.83. The number of ether oxygens (including phenoxy) is 2. The summed E-state index contributed by atoms with van der Waals surface area (Å²) >= 11 is 7.87. The number of aliphatic carboxylic acids is 1. The molecule has 1 aromatic heterocycles. The molecule has 0 radical (unpaired) electrons. The molecule has 3 heterocycles. The number of carboxylic acid groups (broad SMARTS) is 1. The number of carbonyl (C=O) groups excluding carboxylic acids is 1. The number of hydrogen-bond acceptors (Lipinski definition) is 9. The van der Waals surface area contributed by atoms with Crippen LogP contribution >= 0.6 is 22.9 Å². The summed E-state index contributed by atoms with van der Waals surface area (Å²) in [4.78, 5) is 30.8. The molecule has 2 aromatic rings. The lowest BCUT2D eigenvalue weighted by atomic mass is 9.93. The molecule has 4 rings (SSSR count). The van der Waals surface area contributed by atoms with Crippen LogP contribution in [0.15, 0.2) is 53.2 Å². The van der Waals surface area contributed by atoms with E-state index in [0.717, 1.165) is 11.1 Å². The van der Waals surface area contributed by atoms with Crippen molar-refractivity contribution < 1.29 is 28.6 Å². The number of benzene rings is 1. The second kappa shape index (κ2) is 11.9. The number of rotatable bonds is 8. The summed E-state index contributed by atoms with van der Waals surface area (Å²) in [6.07, 6.45) is 3.88. The first-order valence-corrected chi connectivity index (χ1v) is 12.6. The van der Waals surface area contributed by atoms with Crippen molar-refractivity contribution in [2.75, 3.05) is 32.9 Å². The van der Waals surface area contributed by atoms with Gasteiger partial charge in [-0.25, -0.2) is 19.0 Å². The van der Waals surface area contributed by atoms with Crippen LogP contribution in [0.4, 0.5) is 4.39 Å². The van der Waals surface area contributed by atoms with E-state index in [9.17, 15) is 14.0 Å². The smallest absolute Gasteiger partial charge is 0.337 e. The number of aromatic nitrogens is 1. The second-order valence-corrected chi connectivity index (χ2v) is 9.47. The maximum absolute atomic E-state index is 13.9. The summed E-state index contributed by atoms with van der Waals surface area (Å²) in [6, 6.07) is 3.02. The minimum Gasteiger partial charge on any atom is -0.478 e. The van der Waals surface area contributed by atoms with E-state index in [-0.39, 0.29) is 24.2 Å². The molecule has 36 heavy (non-hydrogen) atoms. The Bertz CT molecular complexity index is 1160. The first-order chi connectivity index (χ1) is 17.4. The van der Waals surface area contributed by atoms with Crippen molar-refractivity contribution >= 4 is 34.9 Å². The molecule has 0 spiro atoms. The third kappa shape index (κ3) is 6.11. The summed E-state index contributed by atoms with van der Waals surface area (Å²) in [5, 5.41) is 18.6. The predicted molar refractivity (Wildman–Crippen MR) is 132 cm³/mol. The highest BCUT2D eigenvalue weighted by atomic mass is 35.5. The van der Waals surface area contributed by atoms with Crippen LogP contribution in [0.1, 0.15) is 29.7 Å². The minimum atomic E-state index is -1.05. The van der Waals surface area contributed by atoms with Gasteiger partial charge in [-0.3, -0.25) is 10.2 Å². The predicted octanol–water partition coefficient (Wildman–Crippen LogP) is 3.03. The van der Waals surface area contributed by atoms with E-state index in [4.69, 9.17) is 26.2 Å². The van der Waals surface area contributed by atoms with Gasteiger partial charge in [0.05, 0.1) is 37.5 Å². The van der Waals surface area contributed by atoms with E-state index >= 15 is 0 Å². The van der Waals surface area contributed by atoms with Gasteiger partial charge in [-0.2, -0.15) is 0 Å². The van der Waals surface area contributed by atoms with Crippen molar-refractivity contribution in [1.82, 2.24) is 20.5 Å². The van der Waals surface area contributed by atoms with Gasteiger partial charge in [0.1, 0.15) is 17.0 Å². The van der Waals surface area contributed by atoms with Crippen molar-refractivity contribution in [3.63, 3.8) is 0 Å². The van der Waals surface area contributed by atoms with Gasteiger partial charge in [0.2, 0.25) is 0 Å². The Morgan fingerprint density at radius 1 is 1.44 bits per heavy atom. The van der Waals surface area contributed by atoms with E-state index in [1.165, 1.54) is 23.5 Å². The number of nitrogens with one attached hydrogen (secondary N) is 2. The Labute approximate surface area is 216 Å². The number of nitrogens with zero attached hydrogens (tertiary/aromatic N) is 2. The van der Waals surface area contributed by atoms with Crippen LogP contribution in [0.5, 0.6) is 0 Å². The molecule has 0 amide bonds. The molecule has 9 nitrogen and oxygen atoms in total. The number of esters is 1. The Morgan fingerprint density at radius 2 is 2.28 bits per heavy atom. The van der Waals surface area contributed by atoms with E-state index in [0.29, 0.717) is 36.6 Å². The first-order valence-electron chi connectivity index (χ1n) is 11.4. The van der Waals surface area contributed by atoms with E-state index in [2.05, 4.69) is 15.6 Å². The van der Waals surface area contributed by atoms with Crippen LogP contribution in [-0.4, -0.2) is 65.9 Å². The SMILES string of the molecule is CCOC(=O)C1=C(CN2CCOCC2/C=C/C(=O)O)NC(c2nccs2)NC1c1ccc(F)cc1Cl. The fourth-order valence-corrected chi connectivity index (χ4v) is 5.14. The fourth-order valence-electron chi connectivity index (χ4n) is 4.22. The van der Waals surface area contributed by atoms with Gasteiger partial charge in [-0.05, 0) is 24.6 Å². The van der Waals surface area contributed by atoms with Gasteiger partial charge < -0.3 is 19.9 Å². The molecule has 1 saturated heterocycles. The molecule has 0 aliphatic carbocycles. The van der Waals surface area contributed by atoms with E-state index < -0.39 is 30.0 Å². The molecule has 2 aliphatic rings. The average molecular weight is 537 g/mol. The molecule has 2 aliphatic heterocycles. The van der Waals surface area contributed by atoms with Crippen LogP contribution in [0.2, 0.25) is 5.02 Å². The summed E-state index contributed by atoms with van der Waals surface area (Å²) < 4.78 is 24.8. The highest BCUT2D eigenvalue weighted by Crippen LogP contribution is 2.36. The lowest BCUT2D eigenvalue weighted by Gasteiger charge is -2.39. The fraction of sp³-hybridized carbons (Fsp3) is 0.375. The average Bonchev–Trinajstić information content (AvgIpc) is 3.38. The standard InChI is InChI=1S/C24H26ClFN4O5S/c1-2-35-24(33)20-18(12-30-8-9-34-13-15(30)4-6-19(31)32)28-22(23-27-7-10-36-23)29-21(20)16-5-3-14(26)11-17(16)25/h3-7,10-11,15,21-22,28-29H,2,8-9,12-13H2,1H3,(H,31,32)/b6-4+. The van der Waals surface area contributed by atoms with Crippen molar-refractivity contribution in [3.8, 4) is 0 Å². The van der Waals surface area contributed by atoms with Gasteiger partial charge in [-0.15, -0.1) is 11.3 Å². The van der Waals surface area contributed by atoms with Crippen molar-refractivity contribution in [2.24, 2.45) is 0 Å². The van der Waals surface area contributed by atoms with Crippen LogP contribution in [0.25, 0.3) is 0 Å². The molecule has 3 N–H and O–H groups in total. The van der Waals surface area contributed by atoms with Crippen molar-refractivity contribution in [1.29, 1.82) is 0 Å². The summed E-state index contributed by atoms with van der Waals surface area (Å²) in [5.41, 5.74) is 1.41. The quantitative estimate of drug-likeness (QED) is 0.346. The molecular weight excluding hydrogens is 511 g/mol. The molecule has 12 heteroatoms. The number of thiazole rings is 1. The third-order valence-electron chi connectivity index (χ3n) is 5.84. The van der Waals surface area contributed by atoms with Crippen LogP contribution < -0.4 is 10.6 Å². The van der Waals surface area contributed by atoms with Crippen LogP contribution in [0, 0.1) is 5.82 Å². The van der Waals surface area contributed by atoms with E-state index in [1.807, 2.05) is 10.3 Å². The van der Waals surface area contributed by atoms with Gasteiger partial charge in [-0.1, -0.05) is 23.7 Å². The minimum absolute atomic E-state index is 0.164. The number of carbonyl (C=O) groups is 2. The lowest BCUT2D eigenvalue weighted by molar-refractivity contribution is -0.139. The Kier molecular flexibility index (Phi) is 8.70. The summed E-state index contributed by atoms with van der Waals surface area (Å²) in [6.45, 7) is 3.46. The first kappa shape index (κ1) is 26.2. The molecule has 3 unspecified atom stereocenters. The van der Waals surface area contributed by atoms with E-state index in [1.54, 1.807) is 25.3 Å². The maximum Gasteiger partial charge on any atom is 0.337 e. The van der Waals surface area contributed by atoms with Crippen molar-refractivity contribution in [2.45, 2.75) is 25.2 Å². The monoisotopic (exact) mass is 536 g/mol. The number of hydrogen-bond donors (Lipinski definition) is 3. The molecule has 0 saturated carbocycles. The topological polar surface area (TPSA) is 113 Å². The van der Waals surface area contributed by atoms with Gasteiger partial charge in [0, 0.05) is 41.5 Å². The number of morpholine rings is 1. The highest BCUT2D eigenvalue weighted by Gasteiger charge is 2.38. The third-order valence-corrected chi connectivity index (χ3v) is 7.00. The van der Waals surface area contributed by atoms with Gasteiger partial charge in [0.15, 0.2) is 0 Å². The Balaban J connectivity index is 1.79. The molecule has 192 valence electrons. The van der Waals surface area contributed by atoms with Gasteiger partial charge in [0.25, 0.3) is 0 Å². The summed E-state index contributed by atoms with van der Waals surface area (Å²) in [7, 11) is 0. The lowest BCUT2D eigenvalue weighted by Crippen LogP contribution is -2.51. The zero-order valence-electron chi connectivity index (χ0n) is 19.4. The molecule has 0 bridgehead atoms. The molecular formula is C24H26ClFN4O5S. The van der Waals surface area contributed by atoms with Crippen LogP contribution in [-0.2, 0) is 19.1 Å². The number of carboxylic acids is 1. The van der Waals surface area contributed by atoms with Gasteiger partial charge >= 0.3 is 11.9 Å². The van der Waals surface area contributed by atoms with Crippen molar-refractivity contribution in [3.05, 3.63) is 74.6 Å².